The summed E-state index contributed by atoms with van der Waals surface area (Å²) >= 11 is 6.17. The monoisotopic (exact) mass is 575 g/mol. The van der Waals surface area contributed by atoms with Crippen molar-refractivity contribution in [1.82, 2.24) is 24.7 Å². The lowest BCUT2D eigenvalue weighted by atomic mass is 9.97. The highest BCUT2D eigenvalue weighted by molar-refractivity contribution is 6.30. The minimum absolute atomic E-state index is 0.123. The number of halogens is 2. The van der Waals surface area contributed by atoms with Crippen LogP contribution in [0.3, 0.4) is 0 Å². The highest BCUT2D eigenvalue weighted by Crippen LogP contribution is 2.39. The van der Waals surface area contributed by atoms with Crippen molar-refractivity contribution < 1.29 is 18.8 Å². The Kier molecular flexibility index (Phi) is 7.25. The number of hydrogen-bond donors (Lipinski definition) is 0. The summed E-state index contributed by atoms with van der Waals surface area (Å²) in [5.41, 5.74) is 3.50. The van der Waals surface area contributed by atoms with Gasteiger partial charge in [-0.25, -0.2) is 19.1 Å². The van der Waals surface area contributed by atoms with Crippen molar-refractivity contribution >= 4 is 41.0 Å². The normalized spacial score (nSPS) is 21.2. The average molecular weight is 576 g/mol. The van der Waals surface area contributed by atoms with E-state index < -0.39 is 5.91 Å². The van der Waals surface area contributed by atoms with E-state index in [4.69, 9.17) is 16.7 Å². The molecule has 2 unspecified atom stereocenters. The molecule has 2 atom stereocenters. The van der Waals surface area contributed by atoms with Gasteiger partial charge in [-0.15, -0.1) is 0 Å². The summed E-state index contributed by atoms with van der Waals surface area (Å²) in [5.74, 6) is -0.434. The first-order valence-corrected chi connectivity index (χ1v) is 14.3. The first-order valence-electron chi connectivity index (χ1n) is 13.9. The maximum absolute atomic E-state index is 14.2. The molecule has 2 fully saturated rings. The van der Waals surface area contributed by atoms with Crippen molar-refractivity contribution in [2.24, 2.45) is 11.8 Å². The number of aromatic nitrogens is 2. The number of fused-ring (bicyclic) bond motifs is 2. The van der Waals surface area contributed by atoms with Crippen molar-refractivity contribution in [3.63, 3.8) is 0 Å². The number of imide groups is 1. The molecule has 1 aliphatic carbocycles. The van der Waals surface area contributed by atoms with E-state index in [1.807, 2.05) is 11.1 Å². The highest BCUT2D eigenvalue weighted by Gasteiger charge is 2.43. The molecule has 0 spiro atoms. The molecule has 41 heavy (non-hydrogen) atoms. The summed E-state index contributed by atoms with van der Waals surface area (Å²) in [7, 11) is 0. The standard InChI is InChI=1S/C31H31ClFN5O3/c1-19(39)35-15-24(14-21-6-10-26(33)11-7-21)30-28(18-35)29(34-37(30)27-12-8-25(32)9-13-27)31(41)38(20(2)40)36-16-22-4-3-5-23(22)17-36/h6-14,22-23H,3-5,15-18H2,1-2H3. The van der Waals surface area contributed by atoms with Crippen LogP contribution < -0.4 is 0 Å². The first-order chi connectivity index (χ1) is 19.7. The molecule has 3 amide bonds. The number of rotatable bonds is 4. The second-order valence-electron chi connectivity index (χ2n) is 11.1. The minimum atomic E-state index is -0.507. The van der Waals surface area contributed by atoms with Gasteiger partial charge < -0.3 is 4.90 Å². The lowest BCUT2D eigenvalue weighted by molar-refractivity contribution is -0.139. The van der Waals surface area contributed by atoms with E-state index in [0.29, 0.717) is 46.9 Å². The molecule has 3 heterocycles. The number of hydrogen-bond acceptors (Lipinski definition) is 5. The third-order valence-electron chi connectivity index (χ3n) is 8.41. The van der Waals surface area contributed by atoms with Crippen LogP contribution in [0.2, 0.25) is 5.02 Å². The number of nitrogens with zero attached hydrogens (tertiary/aromatic N) is 5. The Hall–Kier alpha value is -3.82. The van der Waals surface area contributed by atoms with Crippen LogP contribution in [-0.2, 0) is 16.1 Å². The summed E-state index contributed by atoms with van der Waals surface area (Å²) in [6, 6.07) is 13.2. The lowest BCUT2D eigenvalue weighted by Gasteiger charge is -2.31. The molecule has 1 saturated heterocycles. The highest BCUT2D eigenvalue weighted by atomic mass is 35.5. The molecular weight excluding hydrogens is 545 g/mol. The van der Waals surface area contributed by atoms with Gasteiger partial charge in [0.05, 0.1) is 17.9 Å². The summed E-state index contributed by atoms with van der Waals surface area (Å²) in [4.78, 5) is 41.5. The van der Waals surface area contributed by atoms with E-state index in [1.165, 1.54) is 37.4 Å². The van der Waals surface area contributed by atoms with Gasteiger partial charge in [-0.3, -0.25) is 14.4 Å². The third-order valence-corrected chi connectivity index (χ3v) is 8.66. The molecule has 2 aromatic carbocycles. The van der Waals surface area contributed by atoms with Crippen LogP contribution in [0.4, 0.5) is 4.39 Å². The predicted molar refractivity (Wildman–Crippen MR) is 153 cm³/mol. The van der Waals surface area contributed by atoms with Crippen molar-refractivity contribution in [3.05, 3.63) is 81.9 Å². The van der Waals surface area contributed by atoms with E-state index in [2.05, 4.69) is 0 Å². The quantitative estimate of drug-likeness (QED) is 0.427. The van der Waals surface area contributed by atoms with Gasteiger partial charge in [0.25, 0.3) is 5.91 Å². The summed E-state index contributed by atoms with van der Waals surface area (Å²) in [6.07, 6.45) is 5.26. The molecule has 0 bridgehead atoms. The molecule has 2 aliphatic heterocycles. The Morgan fingerprint density at radius 3 is 2.24 bits per heavy atom. The third kappa shape index (κ3) is 5.20. The zero-order chi connectivity index (χ0) is 28.8. The molecule has 1 aromatic heterocycles. The second kappa shape index (κ2) is 10.9. The maximum Gasteiger partial charge on any atom is 0.296 e. The van der Waals surface area contributed by atoms with Crippen LogP contribution in [0.25, 0.3) is 17.3 Å². The van der Waals surface area contributed by atoms with Crippen molar-refractivity contribution in [2.45, 2.75) is 39.7 Å². The van der Waals surface area contributed by atoms with Crippen molar-refractivity contribution in [3.8, 4) is 5.69 Å². The molecule has 3 aliphatic rings. The number of benzene rings is 2. The van der Waals surface area contributed by atoms with Gasteiger partial charge in [0.2, 0.25) is 11.8 Å². The van der Waals surface area contributed by atoms with Gasteiger partial charge >= 0.3 is 0 Å². The molecule has 10 heteroatoms. The molecule has 3 aromatic rings. The minimum Gasteiger partial charge on any atom is -0.334 e. The fraction of sp³-hybridized carbons (Fsp3) is 0.355. The number of hydrazine groups is 1. The average Bonchev–Trinajstić information content (AvgIpc) is 3.64. The molecule has 6 rings (SSSR count). The fourth-order valence-corrected chi connectivity index (χ4v) is 6.57. The Morgan fingerprint density at radius 1 is 0.976 bits per heavy atom. The van der Waals surface area contributed by atoms with Gasteiger partial charge in [0.1, 0.15) is 5.82 Å². The smallest absolute Gasteiger partial charge is 0.296 e. The molecule has 212 valence electrons. The van der Waals surface area contributed by atoms with E-state index in [1.54, 1.807) is 46.0 Å². The van der Waals surface area contributed by atoms with Crippen LogP contribution >= 0.6 is 11.6 Å². The summed E-state index contributed by atoms with van der Waals surface area (Å²) in [5, 5.41) is 8.46. The number of carbonyl (C=O) groups excluding carboxylic acids is 3. The van der Waals surface area contributed by atoms with E-state index in [-0.39, 0.29) is 36.4 Å². The molecule has 1 saturated carbocycles. The van der Waals surface area contributed by atoms with E-state index >= 15 is 0 Å². The Morgan fingerprint density at radius 2 is 1.63 bits per heavy atom. The van der Waals surface area contributed by atoms with Crippen LogP contribution in [0.15, 0.2) is 48.5 Å². The molecule has 8 nitrogen and oxygen atoms in total. The summed E-state index contributed by atoms with van der Waals surface area (Å²) < 4.78 is 15.3. The van der Waals surface area contributed by atoms with E-state index in [9.17, 15) is 18.8 Å². The molecule has 0 N–H and O–H groups in total. The van der Waals surface area contributed by atoms with Gasteiger partial charge in [-0.2, -0.15) is 5.10 Å². The van der Waals surface area contributed by atoms with Crippen LogP contribution in [0, 0.1) is 17.7 Å². The SMILES string of the molecule is CC(=O)N1CC(=Cc2ccc(F)cc2)c2c(c(C(=O)N(C(C)=O)N3CC4CCCC4C3)nn2-c2ccc(Cl)cc2)C1. The van der Waals surface area contributed by atoms with Crippen LogP contribution in [-0.4, -0.2) is 62.1 Å². The molecular formula is C31H31ClFN5O3. The Balaban J connectivity index is 1.50. The Labute approximate surface area is 242 Å². The van der Waals surface area contributed by atoms with Gasteiger partial charge in [0, 0.05) is 44.1 Å². The van der Waals surface area contributed by atoms with Gasteiger partial charge in [0.15, 0.2) is 5.69 Å². The lowest BCUT2D eigenvalue weighted by Crippen LogP contribution is -2.49. The first kappa shape index (κ1) is 27.4. The predicted octanol–water partition coefficient (Wildman–Crippen LogP) is 5.20. The topological polar surface area (TPSA) is 78.8 Å². The van der Waals surface area contributed by atoms with Crippen LogP contribution in [0.5, 0.6) is 0 Å². The second-order valence-corrected chi connectivity index (χ2v) is 11.6. The van der Waals surface area contributed by atoms with Crippen LogP contribution in [0.1, 0.15) is 60.4 Å². The molecule has 0 radical (unpaired) electrons. The van der Waals surface area contributed by atoms with Crippen molar-refractivity contribution in [1.29, 1.82) is 0 Å². The van der Waals surface area contributed by atoms with Gasteiger partial charge in [-0.05, 0) is 78.3 Å². The van der Waals surface area contributed by atoms with Crippen molar-refractivity contribution in [2.75, 3.05) is 19.6 Å². The zero-order valence-electron chi connectivity index (χ0n) is 23.0. The van der Waals surface area contributed by atoms with E-state index in [0.717, 1.165) is 24.0 Å². The number of amides is 3. The van der Waals surface area contributed by atoms with Gasteiger partial charge in [-0.1, -0.05) is 30.2 Å². The Bertz CT molecular complexity index is 1540. The number of carbonyl (C=O) groups is 3. The fourth-order valence-electron chi connectivity index (χ4n) is 6.44. The summed E-state index contributed by atoms with van der Waals surface area (Å²) in [6.45, 7) is 4.64. The largest absolute Gasteiger partial charge is 0.334 e. The maximum atomic E-state index is 14.2. The zero-order valence-corrected chi connectivity index (χ0v) is 23.8.